The van der Waals surface area contributed by atoms with Crippen LogP contribution in [-0.2, 0) is 4.74 Å². The lowest BCUT2D eigenvalue weighted by atomic mass is 9.79. The van der Waals surface area contributed by atoms with Gasteiger partial charge in [-0.05, 0) is 69.0 Å². The molecule has 0 bridgehead atoms. The minimum Gasteiger partial charge on any atom is -0.428 e. The molecule has 26 heavy (non-hydrogen) atoms. The standard InChI is InChI=1S/C22H26IO3/c1-22(2,17-9-5-3-6-10-17)26-21(24)25-20-15-13-19(14-16-20)23-18-11-7-4-8-12-18/h4,7-8,11-17H,3,5-6,9-10H2,1-2H3/q+1. The molecule has 0 amide bonds. The van der Waals surface area contributed by atoms with E-state index in [1.165, 1.54) is 26.4 Å². The fraction of sp³-hybridized carbons (Fsp3) is 0.409. The van der Waals surface area contributed by atoms with E-state index in [2.05, 4.69) is 24.3 Å². The largest absolute Gasteiger partial charge is 0.514 e. The second-order valence-electron chi connectivity index (χ2n) is 7.24. The zero-order valence-corrected chi connectivity index (χ0v) is 17.6. The van der Waals surface area contributed by atoms with Crippen molar-refractivity contribution < 1.29 is 35.5 Å². The third-order valence-corrected chi connectivity index (χ3v) is 7.58. The molecule has 0 N–H and O–H groups in total. The highest BCUT2D eigenvalue weighted by Crippen LogP contribution is 2.35. The smallest absolute Gasteiger partial charge is 0.428 e. The maximum atomic E-state index is 12.2. The molecule has 4 heteroatoms. The van der Waals surface area contributed by atoms with Gasteiger partial charge in [0.1, 0.15) is 11.4 Å². The Morgan fingerprint density at radius 3 is 2.19 bits per heavy atom. The van der Waals surface area contributed by atoms with E-state index in [1.54, 1.807) is 0 Å². The number of hydrogen-bond acceptors (Lipinski definition) is 3. The molecule has 0 saturated heterocycles. The second kappa shape index (κ2) is 8.89. The zero-order valence-electron chi connectivity index (χ0n) is 15.4. The molecule has 0 aliphatic heterocycles. The maximum absolute atomic E-state index is 12.2. The predicted molar refractivity (Wildman–Crippen MR) is 98.0 cm³/mol. The van der Waals surface area contributed by atoms with Crippen molar-refractivity contribution in [3.8, 4) is 5.75 Å². The Balaban J connectivity index is 1.54. The van der Waals surface area contributed by atoms with E-state index in [1.807, 2.05) is 44.2 Å². The SMILES string of the molecule is CC(C)(OC(=O)Oc1ccc([I+]c2ccccc2)cc1)C1CCCCC1. The van der Waals surface area contributed by atoms with Crippen LogP contribution in [0.2, 0.25) is 0 Å². The summed E-state index contributed by atoms with van der Waals surface area (Å²) in [6.45, 7) is 4.00. The third-order valence-electron chi connectivity index (χ3n) is 4.90. The lowest BCUT2D eigenvalue weighted by molar-refractivity contribution is -0.597. The van der Waals surface area contributed by atoms with Crippen molar-refractivity contribution in [2.24, 2.45) is 5.92 Å². The van der Waals surface area contributed by atoms with Crippen molar-refractivity contribution in [3.63, 3.8) is 0 Å². The van der Waals surface area contributed by atoms with Crippen molar-refractivity contribution in [1.82, 2.24) is 0 Å². The van der Waals surface area contributed by atoms with Gasteiger partial charge >= 0.3 is 27.4 Å². The summed E-state index contributed by atoms with van der Waals surface area (Å²) in [4.78, 5) is 12.2. The normalized spacial score (nSPS) is 15.5. The van der Waals surface area contributed by atoms with Crippen molar-refractivity contribution in [3.05, 3.63) is 61.7 Å². The monoisotopic (exact) mass is 465 g/mol. The highest BCUT2D eigenvalue weighted by Gasteiger charge is 2.34. The summed E-state index contributed by atoms with van der Waals surface area (Å²) >= 11 is -0.209. The van der Waals surface area contributed by atoms with Gasteiger partial charge in [0.15, 0.2) is 7.14 Å². The number of rotatable bonds is 5. The van der Waals surface area contributed by atoms with Gasteiger partial charge in [0.2, 0.25) is 0 Å². The Morgan fingerprint density at radius 1 is 0.923 bits per heavy atom. The second-order valence-corrected chi connectivity index (χ2v) is 10.3. The molecular formula is C22H26IO3+. The molecule has 1 fully saturated rings. The van der Waals surface area contributed by atoms with Crippen LogP contribution in [0.5, 0.6) is 5.75 Å². The van der Waals surface area contributed by atoms with E-state index in [0.29, 0.717) is 11.7 Å². The van der Waals surface area contributed by atoms with E-state index in [9.17, 15) is 4.79 Å². The number of hydrogen-bond donors (Lipinski definition) is 0. The van der Waals surface area contributed by atoms with Crippen LogP contribution in [0.15, 0.2) is 54.6 Å². The predicted octanol–water partition coefficient (Wildman–Crippen LogP) is 2.69. The molecule has 1 saturated carbocycles. The van der Waals surface area contributed by atoms with Crippen LogP contribution in [0.4, 0.5) is 4.79 Å². The summed E-state index contributed by atoms with van der Waals surface area (Å²) < 4.78 is 13.7. The molecule has 2 aromatic carbocycles. The highest BCUT2D eigenvalue weighted by atomic mass is 127. The van der Waals surface area contributed by atoms with Gasteiger partial charge in [-0.1, -0.05) is 37.5 Å². The van der Waals surface area contributed by atoms with Crippen LogP contribution < -0.4 is 25.9 Å². The Hall–Kier alpha value is -1.56. The molecule has 3 nitrogen and oxygen atoms in total. The van der Waals surface area contributed by atoms with E-state index < -0.39 is 11.8 Å². The summed E-state index contributed by atoms with van der Waals surface area (Å²) in [5, 5.41) is 0. The molecule has 3 rings (SSSR count). The van der Waals surface area contributed by atoms with Crippen molar-refractivity contribution in [1.29, 1.82) is 0 Å². The van der Waals surface area contributed by atoms with Gasteiger partial charge in [0, 0.05) is 0 Å². The topological polar surface area (TPSA) is 35.5 Å². The van der Waals surface area contributed by atoms with Gasteiger partial charge in [-0.2, -0.15) is 0 Å². The number of halogens is 1. The molecule has 0 spiro atoms. The highest BCUT2D eigenvalue weighted by molar-refractivity contribution is 5.64. The number of carbonyl (C=O) groups excluding carboxylic acids is 1. The Kier molecular flexibility index (Phi) is 6.57. The van der Waals surface area contributed by atoms with Gasteiger partial charge < -0.3 is 9.47 Å². The summed E-state index contributed by atoms with van der Waals surface area (Å²) in [6, 6.07) is 18.3. The fourth-order valence-corrected chi connectivity index (χ4v) is 5.60. The van der Waals surface area contributed by atoms with Crippen LogP contribution in [0, 0.1) is 13.1 Å². The van der Waals surface area contributed by atoms with Gasteiger partial charge in [-0.15, -0.1) is 0 Å². The molecule has 138 valence electrons. The molecule has 0 heterocycles. The van der Waals surface area contributed by atoms with Gasteiger partial charge in [-0.25, -0.2) is 4.79 Å². The van der Waals surface area contributed by atoms with Gasteiger partial charge in [0.25, 0.3) is 0 Å². The fourth-order valence-electron chi connectivity index (χ4n) is 3.38. The Morgan fingerprint density at radius 2 is 1.54 bits per heavy atom. The van der Waals surface area contributed by atoms with Crippen LogP contribution >= 0.6 is 0 Å². The Bertz CT molecular complexity index is 704. The van der Waals surface area contributed by atoms with Crippen LogP contribution in [-0.4, -0.2) is 11.8 Å². The summed E-state index contributed by atoms with van der Waals surface area (Å²) in [7, 11) is 0. The summed E-state index contributed by atoms with van der Waals surface area (Å²) in [5.41, 5.74) is -0.476. The molecule has 0 aromatic heterocycles. The van der Waals surface area contributed by atoms with Crippen LogP contribution in [0.1, 0.15) is 46.0 Å². The molecule has 1 aliphatic rings. The Labute approximate surface area is 166 Å². The van der Waals surface area contributed by atoms with Gasteiger partial charge in [0.05, 0.1) is 0 Å². The van der Waals surface area contributed by atoms with Crippen molar-refractivity contribution in [2.45, 2.75) is 51.6 Å². The molecular weight excluding hydrogens is 439 g/mol. The van der Waals surface area contributed by atoms with E-state index >= 15 is 0 Å². The number of benzene rings is 2. The molecule has 2 aromatic rings. The first-order chi connectivity index (χ1) is 12.5. The quantitative estimate of drug-likeness (QED) is 0.387. The summed E-state index contributed by atoms with van der Waals surface area (Å²) in [5.74, 6) is 0.956. The first-order valence-corrected chi connectivity index (χ1v) is 11.4. The van der Waals surface area contributed by atoms with Gasteiger partial charge in [-0.3, -0.25) is 0 Å². The van der Waals surface area contributed by atoms with E-state index in [4.69, 9.17) is 9.47 Å². The molecule has 0 radical (unpaired) electrons. The maximum Gasteiger partial charge on any atom is 0.514 e. The number of carbonyl (C=O) groups is 1. The minimum atomic E-state index is -0.605. The number of ether oxygens (including phenoxy) is 2. The summed E-state index contributed by atoms with van der Waals surface area (Å²) in [6.07, 6.45) is 5.37. The van der Waals surface area contributed by atoms with Crippen molar-refractivity contribution >= 4 is 6.16 Å². The molecule has 0 unspecified atom stereocenters. The average Bonchev–Trinajstić information content (AvgIpc) is 2.64. The first kappa shape index (κ1) is 19.2. The molecule has 0 atom stereocenters. The lowest BCUT2D eigenvalue weighted by Gasteiger charge is -2.35. The van der Waals surface area contributed by atoms with E-state index in [-0.39, 0.29) is 21.2 Å². The lowest BCUT2D eigenvalue weighted by Crippen LogP contribution is -3.61. The van der Waals surface area contributed by atoms with Crippen LogP contribution in [0.3, 0.4) is 0 Å². The van der Waals surface area contributed by atoms with E-state index in [0.717, 1.165) is 12.8 Å². The first-order valence-electron chi connectivity index (χ1n) is 9.24. The molecule has 1 aliphatic carbocycles. The van der Waals surface area contributed by atoms with Crippen LogP contribution in [0.25, 0.3) is 0 Å². The van der Waals surface area contributed by atoms with Crippen molar-refractivity contribution in [2.75, 3.05) is 0 Å². The third kappa shape index (κ3) is 5.47. The average molecular weight is 465 g/mol. The zero-order chi connectivity index (χ0) is 18.4. The minimum absolute atomic E-state index is 0.209.